The van der Waals surface area contributed by atoms with Crippen molar-refractivity contribution in [2.75, 3.05) is 19.4 Å². The molecule has 1 unspecified atom stereocenters. The van der Waals surface area contributed by atoms with Gasteiger partial charge in [-0.2, -0.15) is 0 Å². The highest BCUT2D eigenvalue weighted by atomic mass is 32.1. The van der Waals surface area contributed by atoms with Gasteiger partial charge < -0.3 is 24.5 Å². The average Bonchev–Trinajstić information content (AvgIpc) is 3.42. The molecule has 45 heavy (non-hydrogen) atoms. The number of amides is 1. The number of carbonyl (C=O) groups is 2. The Morgan fingerprint density at radius 3 is 2.36 bits per heavy atom. The quantitative estimate of drug-likeness (QED) is 0.203. The van der Waals surface area contributed by atoms with E-state index in [0.29, 0.717) is 54.5 Å². The number of benzene rings is 2. The molecule has 2 aromatic carbocycles. The topological polar surface area (TPSA) is 94.3 Å². The second kappa shape index (κ2) is 12.1. The van der Waals surface area contributed by atoms with Crippen LogP contribution in [0, 0.1) is 0 Å². The Balaban J connectivity index is 1.45. The number of nitrogen functional groups attached to an aromatic ring is 1. The lowest BCUT2D eigenvalue weighted by molar-refractivity contribution is 0.00680. The minimum Gasteiger partial charge on any atom is -0.543 e. The van der Waals surface area contributed by atoms with E-state index in [1.54, 1.807) is 7.11 Å². The summed E-state index contributed by atoms with van der Waals surface area (Å²) in [6.07, 6.45) is 0.585. The van der Waals surface area contributed by atoms with Crippen LogP contribution in [-0.2, 0) is 30.8 Å². The number of nitrogens with two attached hydrogens (primary N) is 1. The van der Waals surface area contributed by atoms with Crippen LogP contribution in [0.4, 0.5) is 5.00 Å². The van der Waals surface area contributed by atoms with Crippen molar-refractivity contribution in [2.24, 2.45) is 0 Å². The molecular formula is C35H47N3O5SSi. The predicted molar refractivity (Wildman–Crippen MR) is 183 cm³/mol. The molecule has 5 rings (SSSR count). The van der Waals surface area contributed by atoms with Gasteiger partial charge in [-0.15, -0.1) is 11.3 Å². The molecular weight excluding hydrogens is 603 g/mol. The largest absolute Gasteiger partial charge is 0.543 e. The zero-order valence-corrected chi connectivity index (χ0v) is 29.9. The van der Waals surface area contributed by atoms with Crippen LogP contribution in [-0.4, -0.2) is 55.3 Å². The Kier molecular flexibility index (Phi) is 8.89. The second-order valence-corrected chi connectivity index (χ2v) is 20.6. The van der Waals surface area contributed by atoms with Crippen molar-refractivity contribution in [3.05, 3.63) is 75.2 Å². The predicted octanol–water partition coefficient (Wildman–Crippen LogP) is 7.26. The van der Waals surface area contributed by atoms with E-state index in [1.807, 2.05) is 56.0 Å². The average molecular weight is 650 g/mol. The van der Waals surface area contributed by atoms with Gasteiger partial charge in [0.25, 0.3) is 14.2 Å². The number of nitrogens with zero attached hydrogens (tertiary/aromatic N) is 2. The Bertz CT molecular complexity index is 1590. The number of hydrogen-bond donors (Lipinski definition) is 1. The maximum atomic E-state index is 14.1. The molecule has 0 bridgehead atoms. The van der Waals surface area contributed by atoms with Crippen LogP contribution in [0.15, 0.2) is 42.5 Å². The monoisotopic (exact) mass is 649 g/mol. The lowest BCUT2D eigenvalue weighted by atomic mass is 9.95. The summed E-state index contributed by atoms with van der Waals surface area (Å²) in [6.45, 7) is 18.9. The minimum absolute atomic E-state index is 0.00700. The Labute approximate surface area is 272 Å². The maximum Gasteiger partial charge on any atom is 0.341 e. The fourth-order valence-electron chi connectivity index (χ4n) is 5.74. The van der Waals surface area contributed by atoms with Crippen LogP contribution in [0.3, 0.4) is 0 Å². The van der Waals surface area contributed by atoms with Gasteiger partial charge in [-0.25, -0.2) is 4.79 Å². The lowest BCUT2D eigenvalue weighted by Crippen LogP contribution is -2.47. The number of hydrogen-bond acceptors (Lipinski definition) is 8. The molecule has 1 atom stereocenters. The fraction of sp³-hybridized carbons (Fsp3) is 0.486. The van der Waals surface area contributed by atoms with E-state index in [0.717, 1.165) is 27.3 Å². The van der Waals surface area contributed by atoms with Crippen LogP contribution in [0.5, 0.6) is 11.5 Å². The van der Waals surface area contributed by atoms with E-state index in [4.69, 9.17) is 19.6 Å². The summed E-state index contributed by atoms with van der Waals surface area (Å²) in [5.74, 6) is 1.09. The zero-order chi connectivity index (χ0) is 32.9. The van der Waals surface area contributed by atoms with E-state index in [2.05, 4.69) is 50.9 Å². The summed E-state index contributed by atoms with van der Waals surface area (Å²) in [6, 6.07) is 14.0. The summed E-state index contributed by atoms with van der Waals surface area (Å²) in [7, 11) is -0.497. The Morgan fingerprint density at radius 1 is 1.04 bits per heavy atom. The standard InChI is InChI=1S/C35H47N3O5SSi/c1-34(2,3)42-33(40)30-26-17-24(37(21-28(26)44-31(30)36)18-22-13-15-25(41-7)16-14-22)20-38-19-23-11-10-12-27(29(23)32(38)39)43-45(8,9)35(4,5)6/h10-16,24H,17-21,36H2,1-9H3. The van der Waals surface area contributed by atoms with Gasteiger partial charge in [0.15, 0.2) is 0 Å². The van der Waals surface area contributed by atoms with Gasteiger partial charge in [-0.05, 0) is 80.2 Å². The smallest absolute Gasteiger partial charge is 0.341 e. The first-order valence-corrected chi connectivity index (χ1v) is 19.3. The highest BCUT2D eigenvalue weighted by Gasteiger charge is 2.42. The third kappa shape index (κ3) is 6.93. The van der Waals surface area contributed by atoms with Crippen molar-refractivity contribution in [2.45, 2.75) is 97.4 Å². The summed E-state index contributed by atoms with van der Waals surface area (Å²) in [5.41, 5.74) is 10.1. The molecule has 0 spiro atoms. The summed E-state index contributed by atoms with van der Waals surface area (Å²) >= 11 is 1.46. The van der Waals surface area contributed by atoms with Crippen LogP contribution >= 0.6 is 11.3 Å². The third-order valence-electron chi connectivity index (χ3n) is 9.15. The molecule has 2 aliphatic rings. The number of thiophene rings is 1. The first-order valence-electron chi connectivity index (χ1n) is 15.6. The fourth-order valence-corrected chi connectivity index (χ4v) is 7.88. The highest BCUT2D eigenvalue weighted by molar-refractivity contribution is 7.16. The number of rotatable bonds is 8. The third-order valence-corrected chi connectivity index (χ3v) is 14.5. The van der Waals surface area contributed by atoms with E-state index < -0.39 is 19.9 Å². The van der Waals surface area contributed by atoms with Crippen molar-refractivity contribution in [1.82, 2.24) is 9.80 Å². The Hall–Kier alpha value is -3.34. The molecule has 1 aromatic heterocycles. The number of fused-ring (bicyclic) bond motifs is 2. The van der Waals surface area contributed by atoms with Crippen LogP contribution in [0.2, 0.25) is 18.1 Å². The van der Waals surface area contributed by atoms with Gasteiger partial charge in [0.2, 0.25) is 0 Å². The molecule has 242 valence electrons. The van der Waals surface area contributed by atoms with Crippen molar-refractivity contribution in [3.63, 3.8) is 0 Å². The molecule has 0 radical (unpaired) electrons. The zero-order valence-electron chi connectivity index (χ0n) is 28.1. The van der Waals surface area contributed by atoms with E-state index >= 15 is 0 Å². The van der Waals surface area contributed by atoms with Crippen LogP contribution in [0.25, 0.3) is 0 Å². The van der Waals surface area contributed by atoms with Crippen LogP contribution in [0.1, 0.15) is 83.8 Å². The molecule has 2 N–H and O–H groups in total. The number of methoxy groups -OCH3 is 1. The summed E-state index contributed by atoms with van der Waals surface area (Å²) in [4.78, 5) is 32.8. The molecule has 3 heterocycles. The molecule has 8 nitrogen and oxygen atoms in total. The highest BCUT2D eigenvalue weighted by Crippen LogP contribution is 2.42. The first-order chi connectivity index (χ1) is 21.0. The molecule has 0 saturated heterocycles. The summed E-state index contributed by atoms with van der Waals surface area (Å²) < 4.78 is 17.8. The molecule has 1 amide bonds. The lowest BCUT2D eigenvalue weighted by Gasteiger charge is -2.38. The van der Waals surface area contributed by atoms with E-state index in [9.17, 15) is 9.59 Å². The Morgan fingerprint density at radius 2 is 1.73 bits per heavy atom. The van der Waals surface area contributed by atoms with Crippen molar-refractivity contribution in [3.8, 4) is 11.5 Å². The molecule has 3 aromatic rings. The van der Waals surface area contributed by atoms with Gasteiger partial charge in [0.1, 0.15) is 22.1 Å². The first kappa shape index (κ1) is 33.0. The van der Waals surface area contributed by atoms with E-state index in [-0.39, 0.29) is 17.0 Å². The van der Waals surface area contributed by atoms with Crippen molar-refractivity contribution < 1.29 is 23.5 Å². The van der Waals surface area contributed by atoms with Crippen molar-refractivity contribution in [1.29, 1.82) is 0 Å². The molecule has 10 heteroatoms. The molecule has 0 aliphatic carbocycles. The number of ether oxygens (including phenoxy) is 2. The molecule has 0 saturated carbocycles. The van der Waals surface area contributed by atoms with Gasteiger partial charge in [-0.3, -0.25) is 9.69 Å². The minimum atomic E-state index is -2.16. The van der Waals surface area contributed by atoms with Crippen molar-refractivity contribution >= 4 is 36.5 Å². The van der Waals surface area contributed by atoms with Crippen LogP contribution < -0.4 is 14.9 Å². The second-order valence-electron chi connectivity index (χ2n) is 14.7. The van der Waals surface area contributed by atoms with Gasteiger partial charge in [0.05, 0.1) is 18.2 Å². The molecule has 2 aliphatic heterocycles. The normalized spacial score (nSPS) is 17.2. The van der Waals surface area contributed by atoms with E-state index in [1.165, 1.54) is 11.3 Å². The van der Waals surface area contributed by atoms with Gasteiger partial charge >= 0.3 is 5.97 Å². The number of esters is 1. The molecule has 0 fully saturated rings. The summed E-state index contributed by atoms with van der Waals surface area (Å²) in [5, 5.41) is 0.490. The van der Waals surface area contributed by atoms with Gasteiger partial charge in [0, 0.05) is 37.1 Å². The maximum absolute atomic E-state index is 14.1. The number of anilines is 1. The van der Waals surface area contributed by atoms with Gasteiger partial charge in [-0.1, -0.05) is 45.0 Å². The SMILES string of the molecule is COc1ccc(CN2Cc3sc(N)c(C(=O)OC(C)(C)C)c3CC2CN2Cc3cccc(O[Si](C)(C)C(C)(C)C)c3C2=O)cc1. The number of carbonyl (C=O) groups excluding carboxylic acids is 2.